The lowest BCUT2D eigenvalue weighted by atomic mass is 10.2. The molecule has 0 atom stereocenters. The minimum absolute atomic E-state index is 0.0685. The van der Waals surface area contributed by atoms with E-state index in [2.05, 4.69) is 22.3 Å². The number of hydrogen-bond donors (Lipinski definition) is 1. The number of hydrogen-bond acceptors (Lipinski definition) is 5. The first-order chi connectivity index (χ1) is 16.6. The first-order valence-corrected chi connectivity index (χ1v) is 12.3. The molecule has 0 saturated carbocycles. The second-order valence-corrected chi connectivity index (χ2v) is 8.98. The summed E-state index contributed by atoms with van der Waals surface area (Å²) >= 11 is 1.29. The van der Waals surface area contributed by atoms with E-state index < -0.39 is 0 Å². The van der Waals surface area contributed by atoms with Crippen molar-refractivity contribution in [3.05, 3.63) is 101 Å². The Labute approximate surface area is 203 Å². The highest BCUT2D eigenvalue weighted by Gasteiger charge is 2.13. The van der Waals surface area contributed by atoms with Crippen LogP contribution in [0.1, 0.15) is 12.0 Å². The Morgan fingerprint density at radius 3 is 2.41 bits per heavy atom. The standard InChI is InChI=1S/C27H28N4O2S/c1-30(22-13-6-3-7-14-22)18-10-17-28-25(32)20-34-27-29-24-16-9-8-15-23(24)26(33)31(27)19-21-11-4-2-5-12-21/h2-9,11-16H,10,17-20H2,1H3,(H,28,32). The Balaban J connectivity index is 1.37. The zero-order valence-electron chi connectivity index (χ0n) is 19.2. The highest BCUT2D eigenvalue weighted by molar-refractivity contribution is 7.99. The minimum atomic E-state index is -0.0960. The van der Waals surface area contributed by atoms with Crippen molar-refractivity contribution in [2.75, 3.05) is 30.8 Å². The molecule has 1 amide bonds. The Morgan fingerprint density at radius 2 is 1.65 bits per heavy atom. The molecule has 34 heavy (non-hydrogen) atoms. The number of fused-ring (bicyclic) bond motifs is 1. The van der Waals surface area contributed by atoms with Crippen molar-refractivity contribution in [2.45, 2.75) is 18.1 Å². The number of nitrogens with zero attached hydrogens (tertiary/aromatic N) is 3. The Hall–Kier alpha value is -3.58. The van der Waals surface area contributed by atoms with Gasteiger partial charge in [0.15, 0.2) is 5.16 Å². The van der Waals surface area contributed by atoms with Crippen LogP contribution in [0, 0.1) is 0 Å². The van der Waals surface area contributed by atoms with Crippen molar-refractivity contribution in [1.29, 1.82) is 0 Å². The fraction of sp³-hybridized carbons (Fsp3) is 0.222. The molecule has 4 aromatic rings. The fourth-order valence-electron chi connectivity index (χ4n) is 3.70. The molecule has 4 rings (SSSR count). The van der Waals surface area contributed by atoms with Gasteiger partial charge in [0, 0.05) is 25.8 Å². The zero-order valence-corrected chi connectivity index (χ0v) is 20.0. The highest BCUT2D eigenvalue weighted by Crippen LogP contribution is 2.19. The summed E-state index contributed by atoms with van der Waals surface area (Å²) in [5, 5.41) is 4.11. The maximum atomic E-state index is 13.2. The second-order valence-electron chi connectivity index (χ2n) is 8.04. The summed E-state index contributed by atoms with van der Waals surface area (Å²) in [7, 11) is 2.05. The van der Waals surface area contributed by atoms with Gasteiger partial charge in [-0.05, 0) is 36.2 Å². The number of aromatic nitrogens is 2. The van der Waals surface area contributed by atoms with Crippen molar-refractivity contribution in [2.24, 2.45) is 0 Å². The number of carbonyl (C=O) groups is 1. The summed E-state index contributed by atoms with van der Waals surface area (Å²) in [6.45, 7) is 1.85. The summed E-state index contributed by atoms with van der Waals surface area (Å²) in [6, 6.07) is 27.3. The van der Waals surface area contributed by atoms with Crippen LogP contribution in [0.5, 0.6) is 0 Å². The molecule has 0 bridgehead atoms. The maximum Gasteiger partial charge on any atom is 0.262 e. The van der Waals surface area contributed by atoms with Crippen LogP contribution in [0.25, 0.3) is 10.9 Å². The van der Waals surface area contributed by atoms with Crippen LogP contribution in [0.15, 0.2) is 94.9 Å². The van der Waals surface area contributed by atoms with E-state index in [1.807, 2.05) is 73.8 Å². The molecular weight excluding hydrogens is 444 g/mol. The molecule has 1 aromatic heterocycles. The van der Waals surface area contributed by atoms with Gasteiger partial charge < -0.3 is 10.2 Å². The van der Waals surface area contributed by atoms with Gasteiger partial charge in [-0.3, -0.25) is 14.2 Å². The van der Waals surface area contributed by atoms with Gasteiger partial charge in [0.25, 0.3) is 5.56 Å². The van der Waals surface area contributed by atoms with Gasteiger partial charge in [0.2, 0.25) is 5.91 Å². The average Bonchev–Trinajstić information content (AvgIpc) is 2.88. The Morgan fingerprint density at radius 1 is 0.971 bits per heavy atom. The van der Waals surface area contributed by atoms with Crippen LogP contribution in [-0.2, 0) is 11.3 Å². The lowest BCUT2D eigenvalue weighted by Gasteiger charge is -2.19. The topological polar surface area (TPSA) is 67.2 Å². The molecule has 3 aromatic carbocycles. The molecule has 0 aliphatic carbocycles. The second kappa shape index (κ2) is 11.5. The van der Waals surface area contributed by atoms with Crippen molar-refractivity contribution in [3.8, 4) is 0 Å². The average molecular weight is 473 g/mol. The summed E-state index contributed by atoms with van der Waals surface area (Å²) in [6.07, 6.45) is 0.842. The molecular formula is C27H28N4O2S. The van der Waals surface area contributed by atoms with E-state index in [1.54, 1.807) is 10.6 Å². The largest absolute Gasteiger partial charge is 0.375 e. The summed E-state index contributed by atoms with van der Waals surface area (Å²) in [5.41, 5.74) is 2.71. The monoisotopic (exact) mass is 472 g/mol. The van der Waals surface area contributed by atoms with Crippen LogP contribution in [0.3, 0.4) is 0 Å². The fourth-order valence-corrected chi connectivity index (χ4v) is 4.53. The van der Waals surface area contributed by atoms with E-state index in [0.29, 0.717) is 29.1 Å². The van der Waals surface area contributed by atoms with E-state index in [9.17, 15) is 9.59 Å². The van der Waals surface area contributed by atoms with Crippen LogP contribution in [-0.4, -0.2) is 41.3 Å². The number of benzene rings is 3. The van der Waals surface area contributed by atoms with E-state index in [1.165, 1.54) is 11.8 Å². The van der Waals surface area contributed by atoms with Gasteiger partial charge in [-0.15, -0.1) is 0 Å². The molecule has 174 valence electrons. The number of nitrogens with one attached hydrogen (secondary N) is 1. The molecule has 1 heterocycles. The number of carbonyl (C=O) groups excluding carboxylic acids is 1. The third-order valence-corrected chi connectivity index (χ3v) is 6.51. The highest BCUT2D eigenvalue weighted by atomic mass is 32.2. The van der Waals surface area contributed by atoms with Crippen LogP contribution >= 0.6 is 11.8 Å². The molecule has 1 N–H and O–H groups in total. The van der Waals surface area contributed by atoms with Crippen molar-refractivity contribution in [1.82, 2.24) is 14.9 Å². The zero-order chi connectivity index (χ0) is 23.8. The molecule has 0 aliphatic heterocycles. The maximum absolute atomic E-state index is 13.2. The Kier molecular flexibility index (Phi) is 7.99. The third kappa shape index (κ3) is 6.05. The summed E-state index contributed by atoms with van der Waals surface area (Å²) < 4.78 is 1.66. The number of amides is 1. The molecule has 0 aliphatic rings. The van der Waals surface area contributed by atoms with Gasteiger partial charge in [0.1, 0.15) is 0 Å². The molecule has 0 radical (unpaired) electrons. The van der Waals surface area contributed by atoms with Gasteiger partial charge in [-0.2, -0.15) is 0 Å². The van der Waals surface area contributed by atoms with Crippen LogP contribution in [0.2, 0.25) is 0 Å². The van der Waals surface area contributed by atoms with Crippen LogP contribution in [0.4, 0.5) is 5.69 Å². The molecule has 0 spiro atoms. The molecule has 0 saturated heterocycles. The SMILES string of the molecule is CN(CCCNC(=O)CSc1nc2ccccc2c(=O)n1Cc1ccccc1)c1ccccc1. The van der Waals surface area contributed by atoms with Crippen molar-refractivity contribution >= 4 is 34.3 Å². The van der Waals surface area contributed by atoms with E-state index in [-0.39, 0.29) is 17.2 Å². The van der Waals surface area contributed by atoms with Gasteiger partial charge in [-0.1, -0.05) is 72.4 Å². The van der Waals surface area contributed by atoms with Gasteiger partial charge >= 0.3 is 0 Å². The number of thioether (sulfide) groups is 1. The van der Waals surface area contributed by atoms with E-state index in [4.69, 9.17) is 4.98 Å². The van der Waals surface area contributed by atoms with E-state index in [0.717, 1.165) is 24.2 Å². The first-order valence-electron chi connectivity index (χ1n) is 11.3. The van der Waals surface area contributed by atoms with Gasteiger partial charge in [0.05, 0.1) is 23.2 Å². The van der Waals surface area contributed by atoms with Crippen molar-refractivity contribution < 1.29 is 4.79 Å². The predicted octanol–water partition coefficient (Wildman–Crippen LogP) is 4.18. The van der Waals surface area contributed by atoms with Crippen LogP contribution < -0.4 is 15.8 Å². The van der Waals surface area contributed by atoms with Crippen molar-refractivity contribution in [3.63, 3.8) is 0 Å². The normalized spacial score (nSPS) is 10.9. The smallest absolute Gasteiger partial charge is 0.262 e. The summed E-state index contributed by atoms with van der Waals surface area (Å²) in [5.74, 6) is 0.134. The lowest BCUT2D eigenvalue weighted by Crippen LogP contribution is -2.30. The first kappa shape index (κ1) is 23.6. The number of anilines is 1. The lowest BCUT2D eigenvalue weighted by molar-refractivity contribution is -0.118. The van der Waals surface area contributed by atoms with Gasteiger partial charge in [-0.25, -0.2) is 4.98 Å². The molecule has 6 nitrogen and oxygen atoms in total. The quantitative estimate of drug-likeness (QED) is 0.213. The summed E-state index contributed by atoms with van der Waals surface area (Å²) in [4.78, 5) is 32.5. The van der Waals surface area contributed by atoms with E-state index >= 15 is 0 Å². The number of rotatable bonds is 10. The number of para-hydroxylation sites is 2. The molecule has 0 fully saturated rings. The molecule has 0 unspecified atom stereocenters. The third-order valence-electron chi connectivity index (χ3n) is 5.53. The molecule has 7 heteroatoms. The Bertz CT molecular complexity index is 1290. The minimum Gasteiger partial charge on any atom is -0.375 e. The predicted molar refractivity (Wildman–Crippen MR) is 140 cm³/mol.